The molecule has 0 aliphatic carbocycles. The number of fused-ring (bicyclic) bond motifs is 1. The molecule has 30 heavy (non-hydrogen) atoms. The Morgan fingerprint density at radius 3 is 1.97 bits per heavy atom. The summed E-state index contributed by atoms with van der Waals surface area (Å²) in [7, 11) is 6.50. The highest BCUT2D eigenvalue weighted by Crippen LogP contribution is 2.35. The minimum absolute atomic E-state index is 0.618. The van der Waals surface area contributed by atoms with E-state index < -0.39 is 0 Å². The lowest BCUT2D eigenvalue weighted by atomic mass is 10.0. The number of aromatic nitrogens is 1. The Hall–Kier alpha value is -3.35. The Balaban J connectivity index is 1.81. The number of hydrogen-bond acceptors (Lipinski definition) is 7. The number of ether oxygens (including phenoxy) is 4. The van der Waals surface area contributed by atoms with Gasteiger partial charge in [-0.25, -0.2) is 4.98 Å². The van der Waals surface area contributed by atoms with Gasteiger partial charge < -0.3 is 30.0 Å². The standard InChI is InChI=1S/C23H29N3O4/c1-6-14-9-19(27-2)20(28-3)10-15(14)7-8-25-23-12-17(24)16-11-21(29-4)22(30-5)13-18(16)26-23/h9-13H,6-8H2,1-5H3,(H3,24,25,26). The molecule has 0 atom stereocenters. The average Bonchev–Trinajstić information content (AvgIpc) is 2.77. The van der Waals surface area contributed by atoms with E-state index in [2.05, 4.69) is 17.2 Å². The predicted molar refractivity (Wildman–Crippen MR) is 120 cm³/mol. The average molecular weight is 412 g/mol. The zero-order valence-corrected chi connectivity index (χ0v) is 18.2. The van der Waals surface area contributed by atoms with Gasteiger partial charge >= 0.3 is 0 Å². The molecule has 160 valence electrons. The fourth-order valence-electron chi connectivity index (χ4n) is 3.52. The maximum absolute atomic E-state index is 6.26. The van der Waals surface area contributed by atoms with E-state index in [1.54, 1.807) is 28.4 Å². The molecule has 1 aromatic heterocycles. The van der Waals surface area contributed by atoms with Crippen molar-refractivity contribution in [2.75, 3.05) is 46.0 Å². The van der Waals surface area contributed by atoms with Gasteiger partial charge in [0.25, 0.3) is 0 Å². The van der Waals surface area contributed by atoms with Crippen LogP contribution in [0.4, 0.5) is 11.5 Å². The van der Waals surface area contributed by atoms with Crippen LogP contribution in [0.15, 0.2) is 30.3 Å². The van der Waals surface area contributed by atoms with E-state index in [4.69, 9.17) is 24.7 Å². The monoisotopic (exact) mass is 411 g/mol. The molecule has 0 fully saturated rings. The second kappa shape index (κ2) is 9.43. The number of nitrogens with one attached hydrogen (secondary N) is 1. The van der Waals surface area contributed by atoms with Crippen molar-refractivity contribution < 1.29 is 18.9 Å². The lowest BCUT2D eigenvalue weighted by Crippen LogP contribution is -2.09. The van der Waals surface area contributed by atoms with Crippen molar-refractivity contribution in [2.24, 2.45) is 0 Å². The maximum atomic E-state index is 6.26. The summed E-state index contributed by atoms with van der Waals surface area (Å²) < 4.78 is 21.6. The van der Waals surface area contributed by atoms with Gasteiger partial charge in [-0.15, -0.1) is 0 Å². The molecule has 0 saturated heterocycles. The number of aryl methyl sites for hydroxylation is 1. The van der Waals surface area contributed by atoms with E-state index in [1.165, 1.54) is 11.1 Å². The molecule has 3 N–H and O–H groups in total. The number of nitrogens with zero attached hydrogens (tertiary/aromatic N) is 1. The molecule has 0 unspecified atom stereocenters. The highest BCUT2D eigenvalue weighted by atomic mass is 16.5. The summed E-state index contributed by atoms with van der Waals surface area (Å²) in [6, 6.07) is 9.60. The quantitative estimate of drug-likeness (QED) is 0.549. The molecule has 0 aliphatic rings. The van der Waals surface area contributed by atoms with Crippen molar-refractivity contribution in [3.63, 3.8) is 0 Å². The first-order chi connectivity index (χ1) is 14.5. The van der Waals surface area contributed by atoms with Gasteiger partial charge in [-0.05, 0) is 42.2 Å². The molecular weight excluding hydrogens is 382 g/mol. The van der Waals surface area contributed by atoms with E-state index >= 15 is 0 Å². The first-order valence-electron chi connectivity index (χ1n) is 9.84. The molecule has 7 heteroatoms. The molecule has 0 saturated carbocycles. The van der Waals surface area contributed by atoms with Gasteiger partial charge in [0.2, 0.25) is 0 Å². The molecule has 1 heterocycles. The van der Waals surface area contributed by atoms with E-state index in [0.29, 0.717) is 29.5 Å². The van der Waals surface area contributed by atoms with E-state index in [-0.39, 0.29) is 0 Å². The zero-order chi connectivity index (χ0) is 21.7. The Morgan fingerprint density at radius 2 is 1.37 bits per heavy atom. The van der Waals surface area contributed by atoms with Crippen LogP contribution in [-0.4, -0.2) is 40.0 Å². The summed E-state index contributed by atoms with van der Waals surface area (Å²) in [6.07, 6.45) is 1.73. The number of hydrogen-bond donors (Lipinski definition) is 2. The molecule has 2 aromatic carbocycles. The van der Waals surface area contributed by atoms with Gasteiger partial charge in [0.1, 0.15) is 5.82 Å². The van der Waals surface area contributed by atoms with Crippen LogP contribution in [0.1, 0.15) is 18.1 Å². The summed E-state index contributed by atoms with van der Waals surface area (Å²) in [5.41, 5.74) is 10.1. The lowest BCUT2D eigenvalue weighted by Gasteiger charge is -2.15. The molecular formula is C23H29N3O4. The highest BCUT2D eigenvalue weighted by Gasteiger charge is 2.12. The Bertz CT molecular complexity index is 1040. The number of nitrogens with two attached hydrogens (primary N) is 1. The first-order valence-corrected chi connectivity index (χ1v) is 9.84. The second-order valence-electron chi connectivity index (χ2n) is 6.83. The van der Waals surface area contributed by atoms with Crippen molar-refractivity contribution >= 4 is 22.4 Å². The molecule has 0 aliphatic heterocycles. The SMILES string of the molecule is CCc1cc(OC)c(OC)cc1CCNc1cc(N)c2cc(OC)c(OC)cc2n1. The Kier molecular flexibility index (Phi) is 6.72. The first kappa shape index (κ1) is 21.4. The molecule has 0 bridgehead atoms. The van der Waals surface area contributed by atoms with Gasteiger partial charge in [0.15, 0.2) is 23.0 Å². The molecule has 0 radical (unpaired) electrons. The molecule has 0 spiro atoms. The van der Waals surface area contributed by atoms with Gasteiger partial charge in [-0.1, -0.05) is 6.92 Å². The number of rotatable bonds is 9. The van der Waals surface area contributed by atoms with Crippen molar-refractivity contribution in [2.45, 2.75) is 19.8 Å². The predicted octanol–water partition coefficient (Wildman–Crippen LogP) is 4.07. The third kappa shape index (κ3) is 4.30. The Labute approximate surface area is 177 Å². The number of anilines is 2. The summed E-state index contributed by atoms with van der Waals surface area (Å²) in [6.45, 7) is 2.83. The third-order valence-corrected chi connectivity index (χ3v) is 5.13. The van der Waals surface area contributed by atoms with Crippen LogP contribution < -0.4 is 30.0 Å². The number of pyridine rings is 1. The highest BCUT2D eigenvalue weighted by molar-refractivity contribution is 5.94. The smallest absolute Gasteiger partial charge is 0.162 e. The Morgan fingerprint density at radius 1 is 0.800 bits per heavy atom. The molecule has 3 aromatic rings. The normalized spacial score (nSPS) is 10.7. The van der Waals surface area contributed by atoms with Crippen LogP contribution in [-0.2, 0) is 12.8 Å². The van der Waals surface area contributed by atoms with Crippen molar-refractivity contribution in [1.29, 1.82) is 0 Å². The van der Waals surface area contributed by atoms with Crippen molar-refractivity contribution in [1.82, 2.24) is 4.98 Å². The number of methoxy groups -OCH3 is 4. The second-order valence-corrected chi connectivity index (χ2v) is 6.83. The molecule has 0 amide bonds. The fraction of sp³-hybridized carbons (Fsp3) is 0.348. The topological polar surface area (TPSA) is 87.9 Å². The van der Waals surface area contributed by atoms with Crippen molar-refractivity contribution in [3.8, 4) is 23.0 Å². The summed E-state index contributed by atoms with van der Waals surface area (Å²) >= 11 is 0. The molecule has 3 rings (SSSR count). The van der Waals surface area contributed by atoms with Crippen LogP contribution in [0.5, 0.6) is 23.0 Å². The maximum Gasteiger partial charge on any atom is 0.162 e. The fourth-order valence-corrected chi connectivity index (χ4v) is 3.52. The van der Waals surface area contributed by atoms with Crippen LogP contribution >= 0.6 is 0 Å². The van der Waals surface area contributed by atoms with Gasteiger partial charge in [0.05, 0.1) is 34.0 Å². The van der Waals surface area contributed by atoms with Crippen LogP contribution in [0, 0.1) is 0 Å². The van der Waals surface area contributed by atoms with Crippen LogP contribution in [0.25, 0.3) is 10.9 Å². The van der Waals surface area contributed by atoms with Gasteiger partial charge in [0, 0.05) is 29.8 Å². The zero-order valence-electron chi connectivity index (χ0n) is 18.2. The van der Waals surface area contributed by atoms with Crippen molar-refractivity contribution in [3.05, 3.63) is 41.5 Å². The summed E-state index contributed by atoms with van der Waals surface area (Å²) in [5, 5.41) is 4.20. The minimum atomic E-state index is 0.618. The minimum Gasteiger partial charge on any atom is -0.493 e. The van der Waals surface area contributed by atoms with Gasteiger partial charge in [-0.2, -0.15) is 0 Å². The van der Waals surface area contributed by atoms with E-state index in [9.17, 15) is 0 Å². The third-order valence-electron chi connectivity index (χ3n) is 5.13. The summed E-state index contributed by atoms with van der Waals surface area (Å²) in [5.74, 6) is 3.44. The van der Waals surface area contributed by atoms with Crippen LogP contribution in [0.2, 0.25) is 0 Å². The van der Waals surface area contributed by atoms with E-state index in [0.717, 1.165) is 35.2 Å². The number of nitrogen functional groups attached to an aromatic ring is 1. The van der Waals surface area contributed by atoms with Crippen LogP contribution in [0.3, 0.4) is 0 Å². The largest absolute Gasteiger partial charge is 0.493 e. The molecule has 7 nitrogen and oxygen atoms in total. The van der Waals surface area contributed by atoms with E-state index in [1.807, 2.05) is 30.3 Å². The summed E-state index contributed by atoms with van der Waals surface area (Å²) in [4.78, 5) is 4.68. The number of benzene rings is 2. The lowest BCUT2D eigenvalue weighted by molar-refractivity contribution is 0.354. The van der Waals surface area contributed by atoms with Gasteiger partial charge in [-0.3, -0.25) is 0 Å².